The Labute approximate surface area is 161 Å². The summed E-state index contributed by atoms with van der Waals surface area (Å²) in [7, 11) is 0. The molecule has 0 aliphatic carbocycles. The molecule has 28 heavy (non-hydrogen) atoms. The second kappa shape index (κ2) is 8.00. The average Bonchev–Trinajstić information content (AvgIpc) is 3.07. The lowest BCUT2D eigenvalue weighted by molar-refractivity contribution is 0.0949. The number of amides is 1. The predicted octanol–water partition coefficient (Wildman–Crippen LogP) is 3.59. The maximum absolute atomic E-state index is 13.2. The molecule has 0 aliphatic rings. The van der Waals surface area contributed by atoms with Crippen molar-refractivity contribution in [1.82, 2.24) is 19.9 Å². The second-order valence-corrected chi connectivity index (χ2v) is 6.45. The molecule has 4 aromatic rings. The van der Waals surface area contributed by atoms with Gasteiger partial charge in [0.1, 0.15) is 17.3 Å². The molecule has 0 fully saturated rings. The number of carbonyl (C=O) groups excluding carboxylic acids is 1. The van der Waals surface area contributed by atoms with Crippen LogP contribution in [-0.4, -0.2) is 27.0 Å². The number of benzene rings is 2. The minimum atomic E-state index is -0.253. The van der Waals surface area contributed by atoms with Gasteiger partial charge in [0.25, 0.3) is 5.91 Å². The Kier molecular flexibility index (Phi) is 5.10. The van der Waals surface area contributed by atoms with E-state index in [-0.39, 0.29) is 11.7 Å². The number of hydrogen-bond donors (Lipinski definition) is 1. The maximum Gasteiger partial charge on any atom is 0.269 e. The molecule has 140 valence electrons. The van der Waals surface area contributed by atoms with Gasteiger partial charge < -0.3 is 9.88 Å². The molecule has 0 unspecified atom stereocenters. The summed E-state index contributed by atoms with van der Waals surface area (Å²) in [6.45, 7) is 1.03. The lowest BCUT2D eigenvalue weighted by Crippen LogP contribution is -2.27. The number of fused-ring (bicyclic) bond motifs is 1. The van der Waals surface area contributed by atoms with Crippen molar-refractivity contribution in [2.75, 3.05) is 6.54 Å². The van der Waals surface area contributed by atoms with Gasteiger partial charge in [-0.1, -0.05) is 30.3 Å². The molecule has 0 atom stereocenters. The first-order valence-electron chi connectivity index (χ1n) is 9.08. The van der Waals surface area contributed by atoms with Crippen molar-refractivity contribution in [3.8, 4) is 0 Å². The number of nitrogens with one attached hydrogen (secondary N) is 1. The van der Waals surface area contributed by atoms with E-state index in [9.17, 15) is 9.18 Å². The smallest absolute Gasteiger partial charge is 0.269 e. The van der Waals surface area contributed by atoms with Gasteiger partial charge in [0, 0.05) is 25.7 Å². The van der Waals surface area contributed by atoms with Crippen molar-refractivity contribution in [3.63, 3.8) is 0 Å². The summed E-state index contributed by atoms with van der Waals surface area (Å²) in [5, 5.41) is 2.89. The summed E-state index contributed by atoms with van der Waals surface area (Å²) in [5.74, 6) is 0.408. The first-order valence-corrected chi connectivity index (χ1v) is 9.08. The van der Waals surface area contributed by atoms with Crippen LogP contribution in [0.3, 0.4) is 0 Å². The summed E-state index contributed by atoms with van der Waals surface area (Å²) < 4.78 is 15.3. The Hall–Kier alpha value is -3.54. The Bertz CT molecular complexity index is 1090. The summed E-state index contributed by atoms with van der Waals surface area (Å²) >= 11 is 0. The van der Waals surface area contributed by atoms with Crippen LogP contribution in [0.2, 0.25) is 0 Å². The zero-order valence-corrected chi connectivity index (χ0v) is 15.2. The monoisotopic (exact) mass is 374 g/mol. The van der Waals surface area contributed by atoms with Gasteiger partial charge in [0.15, 0.2) is 0 Å². The topological polar surface area (TPSA) is 59.8 Å². The predicted molar refractivity (Wildman–Crippen MR) is 106 cm³/mol. The third kappa shape index (κ3) is 3.91. The van der Waals surface area contributed by atoms with E-state index in [0.29, 0.717) is 25.2 Å². The number of hydrogen-bond acceptors (Lipinski definition) is 3. The average molecular weight is 374 g/mol. The van der Waals surface area contributed by atoms with Crippen molar-refractivity contribution >= 4 is 16.9 Å². The molecule has 0 spiro atoms. The molecule has 1 N–H and O–H groups in total. The van der Waals surface area contributed by atoms with Crippen LogP contribution in [0.15, 0.2) is 72.9 Å². The Morgan fingerprint density at radius 3 is 2.57 bits per heavy atom. The van der Waals surface area contributed by atoms with Gasteiger partial charge in [-0.2, -0.15) is 0 Å². The van der Waals surface area contributed by atoms with E-state index in [2.05, 4.69) is 14.9 Å². The molecule has 6 heteroatoms. The highest BCUT2D eigenvalue weighted by Crippen LogP contribution is 2.18. The number of halogens is 1. The first-order chi connectivity index (χ1) is 13.7. The normalized spacial score (nSPS) is 10.9. The zero-order valence-electron chi connectivity index (χ0n) is 15.2. The lowest BCUT2D eigenvalue weighted by Gasteiger charge is -2.10. The number of carbonyl (C=O) groups is 1. The van der Waals surface area contributed by atoms with Crippen LogP contribution < -0.4 is 5.32 Å². The van der Waals surface area contributed by atoms with E-state index >= 15 is 0 Å². The number of imidazole rings is 1. The van der Waals surface area contributed by atoms with E-state index in [4.69, 9.17) is 4.98 Å². The lowest BCUT2D eigenvalue weighted by atomic mass is 10.2. The van der Waals surface area contributed by atoms with E-state index < -0.39 is 0 Å². The van der Waals surface area contributed by atoms with Crippen LogP contribution in [0.1, 0.15) is 21.9 Å². The summed E-state index contributed by atoms with van der Waals surface area (Å²) in [5.41, 5.74) is 3.29. The fraction of sp³-hybridized carbons (Fsp3) is 0.136. The third-order valence-electron chi connectivity index (χ3n) is 4.52. The largest absolute Gasteiger partial charge is 0.350 e. The highest BCUT2D eigenvalue weighted by Gasteiger charge is 2.12. The molecule has 5 nitrogen and oxygen atoms in total. The quantitative estimate of drug-likeness (QED) is 0.561. The van der Waals surface area contributed by atoms with Crippen molar-refractivity contribution in [2.24, 2.45) is 0 Å². The van der Waals surface area contributed by atoms with Gasteiger partial charge in [-0.3, -0.25) is 9.78 Å². The number of nitrogens with zero attached hydrogens (tertiary/aromatic N) is 3. The van der Waals surface area contributed by atoms with Crippen molar-refractivity contribution in [1.29, 1.82) is 0 Å². The fourth-order valence-corrected chi connectivity index (χ4v) is 3.14. The highest BCUT2D eigenvalue weighted by molar-refractivity contribution is 5.92. The molecular weight excluding hydrogens is 355 g/mol. The van der Waals surface area contributed by atoms with Gasteiger partial charge in [-0.25, -0.2) is 9.37 Å². The molecule has 2 heterocycles. The third-order valence-corrected chi connectivity index (χ3v) is 4.52. The van der Waals surface area contributed by atoms with Crippen LogP contribution in [-0.2, 0) is 13.0 Å². The Balaban J connectivity index is 1.53. The summed E-state index contributed by atoms with van der Waals surface area (Å²) in [6, 6.07) is 19.6. The van der Waals surface area contributed by atoms with E-state index in [0.717, 1.165) is 22.4 Å². The van der Waals surface area contributed by atoms with Crippen molar-refractivity contribution in [3.05, 3.63) is 95.8 Å². The number of rotatable bonds is 6. The van der Waals surface area contributed by atoms with E-state index in [1.165, 1.54) is 12.1 Å². The minimum Gasteiger partial charge on any atom is -0.350 e. The molecule has 0 radical (unpaired) electrons. The number of aromatic nitrogens is 3. The van der Waals surface area contributed by atoms with Crippen LogP contribution in [0.4, 0.5) is 4.39 Å². The van der Waals surface area contributed by atoms with Crippen LogP contribution in [0.25, 0.3) is 11.0 Å². The first kappa shape index (κ1) is 17.9. The van der Waals surface area contributed by atoms with Gasteiger partial charge in [0.2, 0.25) is 0 Å². The SMILES string of the molecule is O=C(NCCc1nc2ccccc2n1Cc1ccc(F)cc1)c1ccccn1. The van der Waals surface area contributed by atoms with Gasteiger partial charge in [-0.15, -0.1) is 0 Å². The van der Waals surface area contributed by atoms with E-state index in [1.54, 1.807) is 36.5 Å². The van der Waals surface area contributed by atoms with Crippen LogP contribution >= 0.6 is 0 Å². The molecule has 2 aromatic heterocycles. The zero-order chi connectivity index (χ0) is 19.3. The number of para-hydroxylation sites is 2. The molecule has 0 saturated carbocycles. The van der Waals surface area contributed by atoms with Crippen molar-refractivity contribution < 1.29 is 9.18 Å². The van der Waals surface area contributed by atoms with Gasteiger partial charge >= 0.3 is 0 Å². The Morgan fingerprint density at radius 1 is 1.00 bits per heavy atom. The summed E-state index contributed by atoms with van der Waals surface area (Å²) in [6.07, 6.45) is 2.17. The summed E-state index contributed by atoms with van der Waals surface area (Å²) in [4.78, 5) is 21.0. The second-order valence-electron chi connectivity index (χ2n) is 6.45. The minimum absolute atomic E-state index is 0.207. The molecular formula is C22H19FN4O. The molecule has 2 aromatic carbocycles. The maximum atomic E-state index is 13.2. The molecule has 0 saturated heterocycles. The molecule has 0 aliphatic heterocycles. The molecule has 4 rings (SSSR count). The van der Waals surface area contributed by atoms with Crippen LogP contribution in [0, 0.1) is 5.82 Å². The van der Waals surface area contributed by atoms with Gasteiger partial charge in [0.05, 0.1) is 11.0 Å². The van der Waals surface area contributed by atoms with Crippen molar-refractivity contribution in [2.45, 2.75) is 13.0 Å². The Morgan fingerprint density at radius 2 is 1.79 bits per heavy atom. The molecule has 0 bridgehead atoms. The van der Waals surface area contributed by atoms with Gasteiger partial charge in [-0.05, 0) is 42.0 Å². The van der Waals surface area contributed by atoms with E-state index in [1.807, 2.05) is 24.3 Å². The standard InChI is InChI=1S/C22H19FN4O/c23-17-10-8-16(9-11-17)15-27-20-7-2-1-5-18(20)26-21(27)12-14-25-22(28)19-6-3-4-13-24-19/h1-11,13H,12,14-15H2,(H,25,28). The highest BCUT2D eigenvalue weighted by atomic mass is 19.1. The number of pyridine rings is 1. The van der Waals surface area contributed by atoms with Crippen LogP contribution in [0.5, 0.6) is 0 Å². The molecule has 1 amide bonds. The fourth-order valence-electron chi connectivity index (χ4n) is 3.14.